The largest absolute Gasteiger partial charge is 0.336 e. The second-order valence-electron chi connectivity index (χ2n) is 5.77. The lowest BCUT2D eigenvalue weighted by Crippen LogP contribution is -2.37. The van der Waals surface area contributed by atoms with Crippen molar-refractivity contribution >= 4 is 5.91 Å². The summed E-state index contributed by atoms with van der Waals surface area (Å²) in [5, 5.41) is 0. The summed E-state index contributed by atoms with van der Waals surface area (Å²) in [4.78, 5) is 14.5. The van der Waals surface area contributed by atoms with E-state index in [4.69, 9.17) is 0 Å². The number of hydrogen-bond acceptors (Lipinski definition) is 1. The third-order valence-electron chi connectivity index (χ3n) is 3.58. The van der Waals surface area contributed by atoms with E-state index in [0.717, 1.165) is 5.56 Å². The van der Waals surface area contributed by atoms with Crippen LogP contribution in [-0.2, 0) is 17.8 Å². The van der Waals surface area contributed by atoms with Crippen LogP contribution in [0.5, 0.6) is 0 Å². The maximum atomic E-state index is 12.6. The Morgan fingerprint density at radius 3 is 2.29 bits per heavy atom. The molecule has 0 aliphatic carbocycles. The van der Waals surface area contributed by atoms with Crippen LogP contribution < -0.4 is 0 Å². The highest BCUT2D eigenvalue weighted by molar-refractivity contribution is 5.79. The average molecular weight is 281 g/mol. The van der Waals surface area contributed by atoms with Crippen molar-refractivity contribution in [1.29, 1.82) is 0 Å². The summed E-state index contributed by atoms with van der Waals surface area (Å²) in [7, 11) is 0. The van der Waals surface area contributed by atoms with Crippen molar-refractivity contribution in [3.05, 3.63) is 71.3 Å². The van der Waals surface area contributed by atoms with Gasteiger partial charge in [0.25, 0.3) is 0 Å². The van der Waals surface area contributed by atoms with Crippen molar-refractivity contribution in [3.8, 4) is 0 Å². The predicted molar refractivity (Wildman–Crippen MR) is 87.0 cm³/mol. The summed E-state index contributed by atoms with van der Waals surface area (Å²) in [5.74, 6) is 0.180. The Morgan fingerprint density at radius 2 is 1.67 bits per heavy atom. The van der Waals surface area contributed by atoms with Crippen molar-refractivity contribution < 1.29 is 4.79 Å². The van der Waals surface area contributed by atoms with Gasteiger partial charge < -0.3 is 4.90 Å². The molecule has 2 nitrogen and oxygen atoms in total. The van der Waals surface area contributed by atoms with E-state index in [-0.39, 0.29) is 11.9 Å². The molecule has 0 heterocycles. The molecule has 0 unspecified atom stereocenters. The van der Waals surface area contributed by atoms with Crippen molar-refractivity contribution in [2.24, 2.45) is 0 Å². The van der Waals surface area contributed by atoms with Crippen molar-refractivity contribution in [3.63, 3.8) is 0 Å². The maximum absolute atomic E-state index is 12.6. The highest BCUT2D eigenvalue weighted by Crippen LogP contribution is 2.12. The second kappa shape index (κ2) is 7.07. The van der Waals surface area contributed by atoms with Crippen LogP contribution in [0.3, 0.4) is 0 Å². The Hall–Kier alpha value is -2.09. The number of benzene rings is 2. The Bertz CT molecular complexity index is 590. The fourth-order valence-electron chi connectivity index (χ4n) is 2.44. The molecule has 0 spiro atoms. The quantitative estimate of drug-likeness (QED) is 0.812. The normalized spacial score (nSPS) is 10.7. The van der Waals surface area contributed by atoms with E-state index in [1.54, 1.807) is 0 Å². The van der Waals surface area contributed by atoms with Crippen LogP contribution in [-0.4, -0.2) is 16.8 Å². The summed E-state index contributed by atoms with van der Waals surface area (Å²) in [6, 6.07) is 18.5. The van der Waals surface area contributed by atoms with Gasteiger partial charge in [-0.25, -0.2) is 0 Å². The molecule has 0 aromatic heterocycles. The summed E-state index contributed by atoms with van der Waals surface area (Å²) in [6.07, 6.45) is 0.465. The van der Waals surface area contributed by atoms with Crippen LogP contribution >= 0.6 is 0 Å². The molecule has 1 amide bonds. The minimum absolute atomic E-state index is 0.180. The number of carbonyl (C=O) groups is 1. The van der Waals surface area contributed by atoms with Gasteiger partial charge in [-0.15, -0.1) is 0 Å². The standard InChI is InChI=1S/C19H23NO/c1-15(2)20(14-17-9-5-4-6-10-17)19(21)13-18-11-7-8-16(3)12-18/h4-12,15H,13-14H2,1-3H3. The number of carbonyl (C=O) groups excluding carboxylic acids is 1. The van der Waals surface area contributed by atoms with E-state index in [1.807, 2.05) is 35.2 Å². The molecule has 2 heteroatoms. The molecule has 0 bridgehead atoms. The molecule has 0 N–H and O–H groups in total. The molecule has 0 radical (unpaired) electrons. The van der Waals surface area contributed by atoms with Gasteiger partial charge in [0, 0.05) is 12.6 Å². The Kier molecular flexibility index (Phi) is 5.15. The zero-order valence-corrected chi connectivity index (χ0v) is 13.0. The van der Waals surface area contributed by atoms with Crippen LogP contribution in [0.1, 0.15) is 30.5 Å². The molecule has 0 aliphatic heterocycles. The summed E-state index contributed by atoms with van der Waals surface area (Å²) < 4.78 is 0. The van der Waals surface area contributed by atoms with Gasteiger partial charge >= 0.3 is 0 Å². The van der Waals surface area contributed by atoms with Gasteiger partial charge in [0.15, 0.2) is 0 Å². The Balaban J connectivity index is 2.09. The van der Waals surface area contributed by atoms with Crippen LogP contribution in [0.2, 0.25) is 0 Å². The second-order valence-corrected chi connectivity index (χ2v) is 5.77. The van der Waals surface area contributed by atoms with Crippen LogP contribution in [0, 0.1) is 6.92 Å². The highest BCUT2D eigenvalue weighted by atomic mass is 16.2. The molecular weight excluding hydrogens is 258 g/mol. The summed E-state index contributed by atoms with van der Waals surface area (Å²) in [5.41, 5.74) is 3.45. The molecule has 0 saturated carbocycles. The first-order chi connectivity index (χ1) is 10.1. The van der Waals surface area contributed by atoms with E-state index in [9.17, 15) is 4.79 Å². The van der Waals surface area contributed by atoms with E-state index >= 15 is 0 Å². The highest BCUT2D eigenvalue weighted by Gasteiger charge is 2.17. The number of aryl methyl sites for hydroxylation is 1. The molecular formula is C19H23NO. The molecule has 0 fully saturated rings. The zero-order chi connectivity index (χ0) is 15.2. The van der Waals surface area contributed by atoms with Gasteiger partial charge in [-0.3, -0.25) is 4.79 Å². The fourth-order valence-corrected chi connectivity index (χ4v) is 2.44. The smallest absolute Gasteiger partial charge is 0.227 e. The molecule has 0 saturated heterocycles. The molecule has 110 valence electrons. The van der Waals surface area contributed by atoms with Crippen molar-refractivity contribution in [2.45, 2.75) is 39.8 Å². The third-order valence-corrected chi connectivity index (χ3v) is 3.58. The van der Waals surface area contributed by atoms with Crippen LogP contribution in [0.15, 0.2) is 54.6 Å². The minimum atomic E-state index is 0.180. The lowest BCUT2D eigenvalue weighted by molar-refractivity contribution is -0.132. The van der Waals surface area contributed by atoms with Gasteiger partial charge in [-0.05, 0) is 31.9 Å². The summed E-state index contributed by atoms with van der Waals surface area (Å²) >= 11 is 0. The van der Waals surface area contributed by atoms with E-state index in [0.29, 0.717) is 13.0 Å². The SMILES string of the molecule is Cc1cccc(CC(=O)N(Cc2ccccc2)C(C)C)c1. The van der Waals surface area contributed by atoms with Gasteiger partial charge in [-0.2, -0.15) is 0 Å². The number of amides is 1. The Labute approximate surface area is 127 Å². The van der Waals surface area contributed by atoms with Crippen molar-refractivity contribution in [1.82, 2.24) is 4.90 Å². The lowest BCUT2D eigenvalue weighted by Gasteiger charge is -2.27. The first-order valence-corrected chi connectivity index (χ1v) is 7.45. The first-order valence-electron chi connectivity index (χ1n) is 7.45. The monoisotopic (exact) mass is 281 g/mol. The predicted octanol–water partition coefficient (Wildman–Crippen LogP) is 3.97. The third kappa shape index (κ3) is 4.45. The summed E-state index contributed by atoms with van der Waals surface area (Å²) in [6.45, 7) is 6.86. The van der Waals surface area contributed by atoms with Crippen molar-refractivity contribution in [2.75, 3.05) is 0 Å². The van der Waals surface area contributed by atoms with E-state index in [1.165, 1.54) is 11.1 Å². The van der Waals surface area contributed by atoms with E-state index < -0.39 is 0 Å². The number of rotatable bonds is 5. The lowest BCUT2D eigenvalue weighted by atomic mass is 10.1. The first kappa shape index (κ1) is 15.3. The minimum Gasteiger partial charge on any atom is -0.336 e. The zero-order valence-electron chi connectivity index (χ0n) is 13.0. The van der Waals surface area contributed by atoms with Gasteiger partial charge in [-0.1, -0.05) is 60.2 Å². The van der Waals surface area contributed by atoms with E-state index in [2.05, 4.69) is 45.0 Å². The number of hydrogen-bond donors (Lipinski definition) is 0. The topological polar surface area (TPSA) is 20.3 Å². The molecule has 0 aliphatic rings. The molecule has 2 aromatic rings. The molecule has 2 aromatic carbocycles. The van der Waals surface area contributed by atoms with Crippen LogP contribution in [0.4, 0.5) is 0 Å². The molecule has 2 rings (SSSR count). The molecule has 21 heavy (non-hydrogen) atoms. The average Bonchev–Trinajstić information content (AvgIpc) is 2.45. The fraction of sp³-hybridized carbons (Fsp3) is 0.316. The Morgan fingerprint density at radius 1 is 1.00 bits per heavy atom. The maximum Gasteiger partial charge on any atom is 0.227 e. The molecule has 0 atom stereocenters. The number of nitrogens with zero attached hydrogens (tertiary/aromatic N) is 1. The van der Waals surface area contributed by atoms with Crippen LogP contribution in [0.25, 0.3) is 0 Å². The van der Waals surface area contributed by atoms with Gasteiger partial charge in [0.1, 0.15) is 0 Å². The van der Waals surface area contributed by atoms with Gasteiger partial charge in [0.2, 0.25) is 5.91 Å². The van der Waals surface area contributed by atoms with Gasteiger partial charge in [0.05, 0.1) is 6.42 Å².